The highest BCUT2D eigenvalue weighted by Gasteiger charge is 2.21. The average Bonchev–Trinajstić information content (AvgIpc) is 2.52. The summed E-state index contributed by atoms with van der Waals surface area (Å²) in [4.78, 5) is 1.73. The van der Waals surface area contributed by atoms with Crippen LogP contribution in [0, 0.1) is 0 Å². The molecule has 1 heterocycles. The van der Waals surface area contributed by atoms with Crippen LogP contribution in [0.1, 0.15) is 33.1 Å². The van der Waals surface area contributed by atoms with Crippen LogP contribution in [-0.2, 0) is 0 Å². The van der Waals surface area contributed by atoms with Gasteiger partial charge >= 0.3 is 0 Å². The number of hydrogen-bond donors (Lipinski definition) is 3. The van der Waals surface area contributed by atoms with Gasteiger partial charge in [-0.3, -0.25) is 0 Å². The highest BCUT2D eigenvalue weighted by Crippen LogP contribution is 2.15. The van der Waals surface area contributed by atoms with Crippen molar-refractivity contribution in [3.63, 3.8) is 0 Å². The summed E-state index contributed by atoms with van der Waals surface area (Å²) in [7, 11) is 0. The third kappa shape index (κ3) is 5.46. The molecule has 0 aliphatic carbocycles. The molecule has 1 fully saturated rings. The minimum Gasteiger partial charge on any atom is -0.494 e. The Morgan fingerprint density at radius 1 is 1.23 bits per heavy atom. The van der Waals surface area contributed by atoms with Gasteiger partial charge in [0.1, 0.15) is 5.75 Å². The Bertz CT molecular complexity index is 455. The SMILES string of the molecule is CCC[NH+]1CCC(NC(=S)Nc2ccc(OCC)cc2)CC1. The monoisotopic (exact) mass is 322 g/mol. The number of benzene rings is 1. The van der Waals surface area contributed by atoms with Crippen LogP contribution in [0.25, 0.3) is 0 Å². The Morgan fingerprint density at radius 2 is 1.91 bits per heavy atom. The van der Waals surface area contributed by atoms with Crippen molar-refractivity contribution in [1.82, 2.24) is 5.32 Å². The van der Waals surface area contributed by atoms with Gasteiger partial charge in [0.2, 0.25) is 0 Å². The van der Waals surface area contributed by atoms with Gasteiger partial charge in [-0.2, -0.15) is 0 Å². The van der Waals surface area contributed by atoms with Crippen molar-refractivity contribution in [2.45, 2.75) is 39.2 Å². The Morgan fingerprint density at radius 3 is 2.50 bits per heavy atom. The molecule has 1 saturated heterocycles. The summed E-state index contributed by atoms with van der Waals surface area (Å²) in [6.07, 6.45) is 3.66. The maximum absolute atomic E-state index is 5.44. The van der Waals surface area contributed by atoms with Crippen LogP contribution < -0.4 is 20.3 Å². The van der Waals surface area contributed by atoms with E-state index in [9.17, 15) is 0 Å². The molecule has 3 N–H and O–H groups in total. The number of piperidine rings is 1. The normalized spacial score (nSPS) is 21.2. The largest absolute Gasteiger partial charge is 0.494 e. The van der Waals surface area contributed by atoms with Crippen LogP contribution in [-0.4, -0.2) is 37.4 Å². The minimum absolute atomic E-state index is 0.503. The first kappa shape index (κ1) is 17.0. The minimum atomic E-state index is 0.503. The van der Waals surface area contributed by atoms with Gasteiger partial charge in [0.05, 0.1) is 26.2 Å². The van der Waals surface area contributed by atoms with E-state index >= 15 is 0 Å². The molecule has 0 radical (unpaired) electrons. The molecule has 122 valence electrons. The van der Waals surface area contributed by atoms with Crippen molar-refractivity contribution in [2.75, 3.05) is 31.6 Å². The van der Waals surface area contributed by atoms with E-state index < -0.39 is 0 Å². The summed E-state index contributed by atoms with van der Waals surface area (Å²) in [5.41, 5.74) is 0.995. The average molecular weight is 322 g/mol. The summed E-state index contributed by atoms with van der Waals surface area (Å²) in [6, 6.07) is 8.41. The third-order valence-electron chi connectivity index (χ3n) is 4.05. The second-order valence-electron chi connectivity index (χ2n) is 5.83. The first-order valence-corrected chi connectivity index (χ1v) is 8.76. The van der Waals surface area contributed by atoms with E-state index in [2.05, 4.69) is 17.6 Å². The number of quaternary nitrogens is 1. The molecule has 0 saturated carbocycles. The van der Waals surface area contributed by atoms with Gasteiger partial charge < -0.3 is 20.3 Å². The van der Waals surface area contributed by atoms with E-state index in [0.29, 0.717) is 17.8 Å². The molecule has 0 amide bonds. The summed E-state index contributed by atoms with van der Waals surface area (Å²) in [5.74, 6) is 0.887. The lowest BCUT2D eigenvalue weighted by Crippen LogP contribution is -3.13. The van der Waals surface area contributed by atoms with Crippen molar-refractivity contribution in [1.29, 1.82) is 0 Å². The first-order valence-electron chi connectivity index (χ1n) is 8.35. The van der Waals surface area contributed by atoms with Crippen LogP contribution in [0.2, 0.25) is 0 Å². The zero-order valence-corrected chi connectivity index (χ0v) is 14.5. The van der Waals surface area contributed by atoms with Gasteiger partial charge in [0.15, 0.2) is 5.11 Å². The number of likely N-dealkylation sites (tertiary alicyclic amines) is 1. The zero-order valence-electron chi connectivity index (χ0n) is 13.7. The van der Waals surface area contributed by atoms with E-state index in [0.717, 1.165) is 11.4 Å². The zero-order chi connectivity index (χ0) is 15.8. The molecular weight excluding hydrogens is 294 g/mol. The van der Waals surface area contributed by atoms with Crippen LogP contribution in [0.5, 0.6) is 5.75 Å². The number of rotatable bonds is 6. The summed E-state index contributed by atoms with van der Waals surface area (Å²) < 4.78 is 5.44. The molecule has 1 aromatic carbocycles. The number of nitrogens with one attached hydrogen (secondary N) is 3. The molecule has 0 atom stereocenters. The number of hydrogen-bond acceptors (Lipinski definition) is 2. The Labute approximate surface area is 139 Å². The van der Waals surface area contributed by atoms with Crippen LogP contribution in [0.4, 0.5) is 5.69 Å². The van der Waals surface area contributed by atoms with E-state index in [1.54, 1.807) is 4.90 Å². The van der Waals surface area contributed by atoms with Crippen molar-refractivity contribution in [3.8, 4) is 5.75 Å². The molecule has 22 heavy (non-hydrogen) atoms. The topological polar surface area (TPSA) is 37.7 Å². The fraction of sp³-hybridized carbons (Fsp3) is 0.588. The molecule has 1 aliphatic heterocycles. The second kappa shape index (κ2) is 8.96. The highest BCUT2D eigenvalue weighted by molar-refractivity contribution is 7.80. The van der Waals surface area contributed by atoms with Gasteiger partial charge in [-0.15, -0.1) is 0 Å². The second-order valence-corrected chi connectivity index (χ2v) is 6.24. The lowest BCUT2D eigenvalue weighted by atomic mass is 10.1. The van der Waals surface area contributed by atoms with Gasteiger partial charge in [-0.25, -0.2) is 0 Å². The quantitative estimate of drug-likeness (QED) is 0.699. The number of thiocarbonyl (C=S) groups is 1. The van der Waals surface area contributed by atoms with Gasteiger partial charge in [0, 0.05) is 24.6 Å². The van der Waals surface area contributed by atoms with Crippen molar-refractivity contribution >= 4 is 23.0 Å². The fourth-order valence-electron chi connectivity index (χ4n) is 2.93. The van der Waals surface area contributed by atoms with Crippen molar-refractivity contribution in [3.05, 3.63) is 24.3 Å². The van der Waals surface area contributed by atoms with Crippen LogP contribution in [0.15, 0.2) is 24.3 Å². The maximum atomic E-state index is 5.44. The lowest BCUT2D eigenvalue weighted by Gasteiger charge is -2.30. The molecule has 1 aromatic rings. The van der Waals surface area contributed by atoms with E-state index in [1.165, 1.54) is 38.9 Å². The van der Waals surface area contributed by atoms with Crippen LogP contribution >= 0.6 is 12.2 Å². The smallest absolute Gasteiger partial charge is 0.171 e. The van der Waals surface area contributed by atoms with E-state index in [4.69, 9.17) is 17.0 Å². The fourth-order valence-corrected chi connectivity index (χ4v) is 3.21. The molecule has 0 bridgehead atoms. The van der Waals surface area contributed by atoms with Gasteiger partial charge in [-0.05, 0) is 49.8 Å². The molecule has 0 unspecified atom stereocenters. The Kier molecular flexibility index (Phi) is 6.93. The summed E-state index contributed by atoms with van der Waals surface area (Å²) >= 11 is 5.42. The number of ether oxygens (including phenoxy) is 1. The molecule has 4 nitrogen and oxygen atoms in total. The Hall–Kier alpha value is -1.33. The molecular formula is C17H28N3OS+. The van der Waals surface area contributed by atoms with Gasteiger partial charge in [0.25, 0.3) is 0 Å². The summed E-state index contributed by atoms with van der Waals surface area (Å²) in [6.45, 7) is 8.72. The number of anilines is 1. The standard InChI is InChI=1S/C17H27N3OS/c1-3-11-20-12-9-15(10-13-20)19-17(22)18-14-5-7-16(8-6-14)21-4-2/h5-8,15H,3-4,9-13H2,1-2H3,(H2,18,19,22)/p+1. The molecule has 2 rings (SSSR count). The molecule has 0 aromatic heterocycles. The summed E-state index contributed by atoms with van der Waals surface area (Å²) in [5, 5.41) is 7.41. The van der Waals surface area contributed by atoms with E-state index in [-0.39, 0.29) is 0 Å². The highest BCUT2D eigenvalue weighted by atomic mass is 32.1. The molecule has 1 aliphatic rings. The molecule has 5 heteroatoms. The van der Waals surface area contributed by atoms with E-state index in [1.807, 2.05) is 31.2 Å². The predicted molar refractivity (Wildman–Crippen MR) is 95.8 cm³/mol. The Balaban J connectivity index is 1.74. The van der Waals surface area contributed by atoms with Gasteiger partial charge in [-0.1, -0.05) is 6.92 Å². The van der Waals surface area contributed by atoms with Crippen molar-refractivity contribution < 1.29 is 9.64 Å². The van der Waals surface area contributed by atoms with Crippen molar-refractivity contribution in [2.24, 2.45) is 0 Å². The van der Waals surface area contributed by atoms with Crippen LogP contribution in [0.3, 0.4) is 0 Å². The predicted octanol–water partition coefficient (Wildman–Crippen LogP) is 1.83. The molecule has 0 spiro atoms. The first-order chi connectivity index (χ1) is 10.7. The maximum Gasteiger partial charge on any atom is 0.171 e. The third-order valence-corrected chi connectivity index (χ3v) is 4.27. The lowest BCUT2D eigenvalue weighted by molar-refractivity contribution is -0.905.